The topological polar surface area (TPSA) is 47.9 Å². The lowest BCUT2D eigenvalue weighted by molar-refractivity contribution is 0.0827. The molecule has 0 atom stereocenters. The number of hydrogen-bond acceptors (Lipinski definition) is 3. The molecule has 0 aliphatic heterocycles. The first-order valence-electron chi connectivity index (χ1n) is 8.76. The SMILES string of the molecule is CN=C(NCCc1cccc(C(=O)N(C)C)c1)N(C)CCc1cccs1.I. The zero-order valence-electron chi connectivity index (χ0n) is 16.4. The van der Waals surface area contributed by atoms with E-state index in [9.17, 15) is 4.79 Å². The van der Waals surface area contributed by atoms with Gasteiger partial charge in [-0.3, -0.25) is 9.79 Å². The molecule has 1 N–H and O–H groups in total. The highest BCUT2D eigenvalue weighted by molar-refractivity contribution is 14.0. The van der Waals surface area contributed by atoms with Crippen molar-refractivity contribution >= 4 is 47.2 Å². The summed E-state index contributed by atoms with van der Waals surface area (Å²) >= 11 is 1.79. The fourth-order valence-corrected chi connectivity index (χ4v) is 3.36. The quantitative estimate of drug-likeness (QED) is 0.361. The molecule has 27 heavy (non-hydrogen) atoms. The molecule has 0 unspecified atom stereocenters. The molecule has 1 heterocycles. The molecule has 0 aliphatic carbocycles. The van der Waals surface area contributed by atoms with Crippen molar-refractivity contribution in [3.8, 4) is 0 Å². The number of nitrogens with one attached hydrogen (secondary N) is 1. The average Bonchev–Trinajstić information content (AvgIpc) is 3.16. The Hall–Kier alpha value is -1.61. The minimum Gasteiger partial charge on any atom is -0.356 e. The zero-order valence-corrected chi connectivity index (χ0v) is 19.6. The van der Waals surface area contributed by atoms with Gasteiger partial charge in [0.25, 0.3) is 5.91 Å². The molecule has 0 saturated heterocycles. The van der Waals surface area contributed by atoms with Gasteiger partial charge in [-0.25, -0.2) is 0 Å². The molecule has 1 amide bonds. The molecule has 148 valence electrons. The fourth-order valence-electron chi connectivity index (χ4n) is 2.66. The van der Waals surface area contributed by atoms with E-state index in [1.54, 1.807) is 37.4 Å². The predicted molar refractivity (Wildman–Crippen MR) is 126 cm³/mol. The summed E-state index contributed by atoms with van der Waals surface area (Å²) in [6.07, 6.45) is 1.86. The molecule has 0 saturated carbocycles. The third-order valence-corrected chi connectivity index (χ3v) is 5.06. The van der Waals surface area contributed by atoms with Crippen molar-refractivity contribution in [3.63, 3.8) is 0 Å². The molecule has 2 rings (SSSR count). The highest BCUT2D eigenvalue weighted by Gasteiger charge is 2.09. The second kappa shape index (κ2) is 12.0. The summed E-state index contributed by atoms with van der Waals surface area (Å²) in [6.45, 7) is 1.70. The molecule has 1 aromatic carbocycles. The van der Waals surface area contributed by atoms with Crippen LogP contribution in [0.1, 0.15) is 20.8 Å². The third-order valence-electron chi connectivity index (χ3n) is 4.12. The van der Waals surface area contributed by atoms with Gasteiger partial charge in [0.1, 0.15) is 0 Å². The van der Waals surface area contributed by atoms with Crippen molar-refractivity contribution in [3.05, 3.63) is 57.8 Å². The lowest BCUT2D eigenvalue weighted by atomic mass is 10.1. The number of nitrogens with zero attached hydrogens (tertiary/aromatic N) is 3. The van der Waals surface area contributed by atoms with Gasteiger partial charge < -0.3 is 15.1 Å². The van der Waals surface area contributed by atoms with Crippen LogP contribution in [0.25, 0.3) is 0 Å². The van der Waals surface area contributed by atoms with Gasteiger partial charge >= 0.3 is 0 Å². The molecule has 0 radical (unpaired) electrons. The first-order valence-corrected chi connectivity index (χ1v) is 9.64. The molecular weight excluding hydrogens is 471 g/mol. The second-order valence-corrected chi connectivity index (χ2v) is 7.41. The van der Waals surface area contributed by atoms with E-state index < -0.39 is 0 Å². The second-order valence-electron chi connectivity index (χ2n) is 6.37. The van der Waals surface area contributed by atoms with E-state index in [1.807, 2.05) is 18.2 Å². The van der Waals surface area contributed by atoms with E-state index in [1.165, 1.54) is 4.88 Å². The maximum Gasteiger partial charge on any atom is 0.253 e. The molecule has 2 aromatic rings. The van der Waals surface area contributed by atoms with Gasteiger partial charge in [0.15, 0.2) is 5.96 Å². The fraction of sp³-hybridized carbons (Fsp3) is 0.400. The summed E-state index contributed by atoms with van der Waals surface area (Å²) in [4.78, 5) is 21.6. The van der Waals surface area contributed by atoms with Crippen molar-refractivity contribution in [1.82, 2.24) is 15.1 Å². The van der Waals surface area contributed by atoms with Crippen LogP contribution in [0.15, 0.2) is 46.8 Å². The molecule has 0 fully saturated rings. The normalized spacial score (nSPS) is 10.9. The Bertz CT molecular complexity index is 731. The Labute approximate surface area is 183 Å². The third kappa shape index (κ3) is 7.50. The van der Waals surface area contributed by atoms with Gasteiger partial charge in [-0.2, -0.15) is 0 Å². The van der Waals surface area contributed by atoms with E-state index in [-0.39, 0.29) is 29.9 Å². The smallest absolute Gasteiger partial charge is 0.253 e. The van der Waals surface area contributed by atoms with Crippen molar-refractivity contribution in [2.75, 3.05) is 41.3 Å². The summed E-state index contributed by atoms with van der Waals surface area (Å²) in [5.41, 5.74) is 1.87. The maximum absolute atomic E-state index is 12.1. The summed E-state index contributed by atoms with van der Waals surface area (Å²) in [7, 11) is 7.40. The van der Waals surface area contributed by atoms with Crippen LogP contribution >= 0.6 is 35.3 Å². The molecule has 0 bridgehead atoms. The molecule has 0 aliphatic rings. The minimum absolute atomic E-state index is 0. The number of carbonyl (C=O) groups is 1. The van der Waals surface area contributed by atoms with Crippen molar-refractivity contribution in [1.29, 1.82) is 0 Å². The van der Waals surface area contributed by atoms with Crippen LogP contribution in [-0.2, 0) is 12.8 Å². The summed E-state index contributed by atoms with van der Waals surface area (Å²) in [6, 6.07) is 12.1. The summed E-state index contributed by atoms with van der Waals surface area (Å²) in [5.74, 6) is 0.922. The van der Waals surface area contributed by atoms with Gasteiger partial charge in [-0.1, -0.05) is 18.2 Å². The number of carbonyl (C=O) groups excluding carboxylic acids is 1. The summed E-state index contributed by atoms with van der Waals surface area (Å²) < 4.78 is 0. The van der Waals surface area contributed by atoms with Gasteiger partial charge in [-0.05, 0) is 42.0 Å². The zero-order chi connectivity index (χ0) is 18.9. The molecule has 5 nitrogen and oxygen atoms in total. The monoisotopic (exact) mass is 500 g/mol. The number of aliphatic imine (C=N–C) groups is 1. The van der Waals surface area contributed by atoms with Gasteiger partial charge in [0, 0.05) is 51.7 Å². The Kier molecular flexibility index (Phi) is 10.4. The number of likely N-dealkylation sites (N-methyl/N-ethyl adjacent to an activating group) is 1. The molecule has 1 aromatic heterocycles. The molecule has 0 spiro atoms. The van der Waals surface area contributed by atoms with Gasteiger partial charge in [0.05, 0.1) is 0 Å². The van der Waals surface area contributed by atoms with Gasteiger partial charge in [-0.15, -0.1) is 35.3 Å². The number of thiophene rings is 1. The number of guanidine groups is 1. The Morgan fingerprint density at radius 1 is 1.15 bits per heavy atom. The lowest BCUT2D eigenvalue weighted by Gasteiger charge is -2.22. The number of halogens is 1. The van der Waals surface area contributed by atoms with Crippen molar-refractivity contribution in [2.45, 2.75) is 12.8 Å². The lowest BCUT2D eigenvalue weighted by Crippen LogP contribution is -2.40. The van der Waals surface area contributed by atoms with Crippen LogP contribution in [0.3, 0.4) is 0 Å². The van der Waals surface area contributed by atoms with Crippen molar-refractivity contribution < 1.29 is 4.79 Å². The van der Waals surface area contributed by atoms with Crippen LogP contribution in [0.5, 0.6) is 0 Å². The Morgan fingerprint density at radius 2 is 1.93 bits per heavy atom. The highest BCUT2D eigenvalue weighted by atomic mass is 127. The first-order chi connectivity index (χ1) is 12.5. The standard InChI is InChI=1S/C20H28N4OS.HI/c1-21-20(24(4)13-11-18-9-6-14-26-18)22-12-10-16-7-5-8-17(15-16)19(25)23(2)3;/h5-9,14-15H,10-13H2,1-4H3,(H,21,22);1H. The number of rotatable bonds is 7. The van der Waals surface area contributed by atoms with Crippen LogP contribution in [0, 0.1) is 0 Å². The van der Waals surface area contributed by atoms with E-state index >= 15 is 0 Å². The largest absolute Gasteiger partial charge is 0.356 e. The number of hydrogen-bond donors (Lipinski definition) is 1. The van der Waals surface area contributed by atoms with E-state index in [4.69, 9.17) is 0 Å². The van der Waals surface area contributed by atoms with Crippen LogP contribution in [-0.4, -0.2) is 62.9 Å². The summed E-state index contributed by atoms with van der Waals surface area (Å²) in [5, 5.41) is 5.51. The van der Waals surface area contributed by atoms with Crippen molar-refractivity contribution in [2.24, 2.45) is 4.99 Å². The van der Waals surface area contributed by atoms with E-state index in [0.717, 1.165) is 43.0 Å². The van der Waals surface area contributed by atoms with Crippen LogP contribution in [0.4, 0.5) is 0 Å². The Balaban J connectivity index is 0.00000364. The first kappa shape index (κ1) is 23.4. The predicted octanol–water partition coefficient (Wildman–Crippen LogP) is 3.36. The Morgan fingerprint density at radius 3 is 2.56 bits per heavy atom. The average molecular weight is 500 g/mol. The van der Waals surface area contributed by atoms with E-state index in [2.05, 4.69) is 45.8 Å². The minimum atomic E-state index is 0. The number of benzene rings is 1. The molecular formula is C20H29IN4OS. The van der Waals surface area contributed by atoms with Crippen LogP contribution in [0.2, 0.25) is 0 Å². The molecule has 7 heteroatoms. The number of amides is 1. The van der Waals surface area contributed by atoms with Crippen LogP contribution < -0.4 is 5.32 Å². The van der Waals surface area contributed by atoms with Gasteiger partial charge in [0.2, 0.25) is 0 Å². The maximum atomic E-state index is 12.1. The highest BCUT2D eigenvalue weighted by Crippen LogP contribution is 2.10. The van der Waals surface area contributed by atoms with E-state index in [0.29, 0.717) is 0 Å².